The van der Waals surface area contributed by atoms with Crippen LogP contribution in [0.5, 0.6) is 0 Å². The molecule has 0 spiro atoms. The molecule has 118 valence electrons. The fourth-order valence-corrected chi connectivity index (χ4v) is 2.72. The van der Waals surface area contributed by atoms with E-state index < -0.39 is 0 Å². The first-order valence-electron chi connectivity index (χ1n) is 7.69. The number of hydrogen-bond donors (Lipinski definition) is 0. The van der Waals surface area contributed by atoms with Crippen LogP contribution in [0.3, 0.4) is 0 Å². The number of aromatic nitrogens is 1. The lowest BCUT2D eigenvalue weighted by Gasteiger charge is -2.22. The van der Waals surface area contributed by atoms with Gasteiger partial charge in [-0.3, -0.25) is 0 Å². The maximum absolute atomic E-state index is 6.05. The van der Waals surface area contributed by atoms with Crippen molar-refractivity contribution in [1.82, 2.24) is 4.98 Å². The molecule has 3 aromatic rings. The average molecular weight is 327 g/mol. The number of para-hydroxylation sites is 1. The lowest BCUT2D eigenvalue weighted by atomic mass is 10.2. The molecule has 0 atom stereocenters. The van der Waals surface area contributed by atoms with Crippen LogP contribution in [-0.2, 0) is 6.54 Å². The molecule has 0 aliphatic rings. The normalized spacial score (nSPS) is 10.7. The van der Waals surface area contributed by atoms with Gasteiger partial charge in [0.1, 0.15) is 11.5 Å². The zero-order valence-electron chi connectivity index (χ0n) is 13.3. The summed E-state index contributed by atoms with van der Waals surface area (Å²) in [5.41, 5.74) is 3.03. The maximum Gasteiger partial charge on any atom is 0.226 e. The molecule has 1 aromatic heterocycles. The quantitative estimate of drug-likeness (QED) is 0.634. The largest absolute Gasteiger partial charge is 0.441 e. The second kappa shape index (κ2) is 6.88. The Morgan fingerprint density at radius 2 is 1.87 bits per heavy atom. The smallest absolute Gasteiger partial charge is 0.226 e. The van der Waals surface area contributed by atoms with E-state index in [1.165, 1.54) is 5.69 Å². The van der Waals surface area contributed by atoms with Crippen LogP contribution in [0.1, 0.15) is 18.4 Å². The summed E-state index contributed by atoms with van der Waals surface area (Å²) < 4.78 is 5.84. The Morgan fingerprint density at radius 1 is 1.09 bits per heavy atom. The first kappa shape index (κ1) is 15.6. The molecule has 0 radical (unpaired) electrons. The average Bonchev–Trinajstić information content (AvgIpc) is 2.94. The van der Waals surface area contributed by atoms with Gasteiger partial charge in [-0.25, -0.2) is 4.98 Å². The Balaban J connectivity index is 1.86. The van der Waals surface area contributed by atoms with Crippen molar-refractivity contribution < 1.29 is 4.42 Å². The number of nitrogens with zero attached hydrogens (tertiary/aromatic N) is 2. The van der Waals surface area contributed by atoms with Crippen molar-refractivity contribution in [2.45, 2.75) is 20.4 Å². The molecule has 0 N–H and O–H groups in total. The molecular formula is C19H19ClN2O. The highest BCUT2D eigenvalue weighted by molar-refractivity contribution is 6.30. The molecule has 0 bridgehead atoms. The standard InChI is InChI=1S/C19H19ClN2O/c1-3-22(17-10-5-4-6-11-17)13-18-14(2)23-19(21-18)15-8-7-9-16(20)12-15/h4-12H,3,13H2,1-2H3. The van der Waals surface area contributed by atoms with Gasteiger partial charge in [0.05, 0.1) is 6.54 Å². The third kappa shape index (κ3) is 3.57. The summed E-state index contributed by atoms with van der Waals surface area (Å²) >= 11 is 6.05. The van der Waals surface area contributed by atoms with E-state index in [1.807, 2.05) is 49.4 Å². The number of rotatable bonds is 5. The van der Waals surface area contributed by atoms with Crippen LogP contribution >= 0.6 is 11.6 Å². The Bertz CT molecular complexity index is 783. The fourth-order valence-electron chi connectivity index (χ4n) is 2.52. The lowest BCUT2D eigenvalue weighted by Crippen LogP contribution is -2.22. The fraction of sp³-hybridized carbons (Fsp3) is 0.211. The van der Waals surface area contributed by atoms with Crippen LogP contribution in [0.4, 0.5) is 5.69 Å². The molecular weight excluding hydrogens is 308 g/mol. The molecule has 0 aliphatic heterocycles. The van der Waals surface area contributed by atoms with Crippen molar-refractivity contribution in [1.29, 1.82) is 0 Å². The van der Waals surface area contributed by atoms with Crippen LogP contribution in [0.15, 0.2) is 59.0 Å². The van der Waals surface area contributed by atoms with Gasteiger partial charge in [-0.1, -0.05) is 35.9 Å². The van der Waals surface area contributed by atoms with Gasteiger partial charge in [-0.05, 0) is 44.2 Å². The Labute approximate surface area is 141 Å². The minimum atomic E-state index is 0.615. The van der Waals surface area contributed by atoms with Gasteiger partial charge < -0.3 is 9.32 Å². The number of hydrogen-bond acceptors (Lipinski definition) is 3. The number of halogens is 1. The number of anilines is 1. The van der Waals surface area contributed by atoms with Gasteiger partial charge in [-0.2, -0.15) is 0 Å². The molecule has 0 saturated carbocycles. The predicted molar refractivity (Wildman–Crippen MR) is 94.9 cm³/mol. The second-order valence-electron chi connectivity index (χ2n) is 5.38. The van der Waals surface area contributed by atoms with Crippen LogP contribution in [0.25, 0.3) is 11.5 Å². The van der Waals surface area contributed by atoms with Crippen LogP contribution in [0, 0.1) is 6.92 Å². The maximum atomic E-state index is 6.05. The van der Waals surface area contributed by atoms with Crippen molar-refractivity contribution in [3.63, 3.8) is 0 Å². The third-order valence-corrected chi connectivity index (χ3v) is 4.04. The summed E-state index contributed by atoms with van der Waals surface area (Å²) in [6.45, 7) is 5.72. The number of benzene rings is 2. The first-order valence-corrected chi connectivity index (χ1v) is 8.07. The van der Waals surface area contributed by atoms with Gasteiger partial charge in [0.25, 0.3) is 0 Å². The van der Waals surface area contributed by atoms with E-state index >= 15 is 0 Å². The van der Waals surface area contributed by atoms with E-state index in [4.69, 9.17) is 16.0 Å². The van der Waals surface area contributed by atoms with Crippen molar-refractivity contribution in [2.75, 3.05) is 11.4 Å². The topological polar surface area (TPSA) is 29.3 Å². The Kier molecular flexibility index (Phi) is 4.68. The SMILES string of the molecule is CCN(Cc1nc(-c2cccc(Cl)c2)oc1C)c1ccccc1. The molecule has 3 rings (SSSR count). The van der Waals surface area contributed by atoms with Gasteiger partial charge in [0, 0.05) is 22.8 Å². The highest BCUT2D eigenvalue weighted by atomic mass is 35.5. The summed E-state index contributed by atoms with van der Waals surface area (Å²) in [5.74, 6) is 1.46. The van der Waals surface area contributed by atoms with Crippen molar-refractivity contribution >= 4 is 17.3 Å². The third-order valence-electron chi connectivity index (χ3n) is 3.81. The van der Waals surface area contributed by atoms with Crippen LogP contribution in [0.2, 0.25) is 5.02 Å². The highest BCUT2D eigenvalue weighted by Gasteiger charge is 2.14. The molecule has 0 aliphatic carbocycles. The van der Waals surface area contributed by atoms with Crippen molar-refractivity contribution in [3.8, 4) is 11.5 Å². The molecule has 2 aromatic carbocycles. The van der Waals surface area contributed by atoms with E-state index in [0.29, 0.717) is 10.9 Å². The Morgan fingerprint density at radius 3 is 2.57 bits per heavy atom. The molecule has 0 amide bonds. The molecule has 0 saturated heterocycles. The lowest BCUT2D eigenvalue weighted by molar-refractivity contribution is 0.539. The van der Waals surface area contributed by atoms with Gasteiger partial charge in [-0.15, -0.1) is 0 Å². The molecule has 0 fully saturated rings. The highest BCUT2D eigenvalue weighted by Crippen LogP contribution is 2.26. The molecule has 3 nitrogen and oxygen atoms in total. The minimum Gasteiger partial charge on any atom is -0.441 e. The monoisotopic (exact) mass is 326 g/mol. The van der Waals surface area contributed by atoms with Crippen LogP contribution < -0.4 is 4.90 Å². The minimum absolute atomic E-state index is 0.615. The molecule has 1 heterocycles. The number of oxazole rings is 1. The van der Waals surface area contributed by atoms with E-state index in [9.17, 15) is 0 Å². The van der Waals surface area contributed by atoms with Gasteiger partial charge >= 0.3 is 0 Å². The van der Waals surface area contributed by atoms with E-state index in [-0.39, 0.29) is 0 Å². The Hall–Kier alpha value is -2.26. The first-order chi connectivity index (χ1) is 11.2. The summed E-state index contributed by atoms with van der Waals surface area (Å²) in [4.78, 5) is 6.94. The predicted octanol–water partition coefficient (Wildman–Crippen LogP) is 5.33. The molecule has 0 unspecified atom stereocenters. The summed E-state index contributed by atoms with van der Waals surface area (Å²) in [6, 6.07) is 17.9. The summed E-state index contributed by atoms with van der Waals surface area (Å²) in [5, 5.41) is 0.680. The number of aryl methyl sites for hydroxylation is 1. The van der Waals surface area contributed by atoms with E-state index in [2.05, 4.69) is 28.9 Å². The van der Waals surface area contributed by atoms with Gasteiger partial charge in [0.15, 0.2) is 0 Å². The zero-order valence-corrected chi connectivity index (χ0v) is 14.0. The van der Waals surface area contributed by atoms with Crippen molar-refractivity contribution in [2.24, 2.45) is 0 Å². The molecule has 23 heavy (non-hydrogen) atoms. The zero-order chi connectivity index (χ0) is 16.2. The van der Waals surface area contributed by atoms with Crippen molar-refractivity contribution in [3.05, 3.63) is 71.1 Å². The second-order valence-corrected chi connectivity index (χ2v) is 5.82. The van der Waals surface area contributed by atoms with E-state index in [1.54, 1.807) is 0 Å². The van der Waals surface area contributed by atoms with Gasteiger partial charge in [0.2, 0.25) is 5.89 Å². The summed E-state index contributed by atoms with van der Waals surface area (Å²) in [6.07, 6.45) is 0. The van der Waals surface area contributed by atoms with E-state index in [0.717, 1.165) is 30.1 Å². The van der Waals surface area contributed by atoms with Crippen LogP contribution in [-0.4, -0.2) is 11.5 Å². The molecule has 4 heteroatoms. The summed E-state index contributed by atoms with van der Waals surface area (Å²) in [7, 11) is 0.